The minimum atomic E-state index is -0.312. The largest absolute Gasteiger partial charge is 0.491 e. The van der Waals surface area contributed by atoms with E-state index in [0.29, 0.717) is 25.3 Å². The average molecular weight is 482 g/mol. The Morgan fingerprint density at radius 2 is 2.24 bits per heavy atom. The van der Waals surface area contributed by atoms with Crippen LogP contribution in [0.15, 0.2) is 24.7 Å². The predicted octanol–water partition coefficient (Wildman–Crippen LogP) is 3.59. The topological polar surface area (TPSA) is 131 Å². The second-order valence-electron chi connectivity index (χ2n) is 8.47. The Morgan fingerprint density at radius 1 is 1.35 bits per heavy atom. The predicted molar refractivity (Wildman–Crippen MR) is 132 cm³/mol. The van der Waals surface area contributed by atoms with Gasteiger partial charge in [-0.15, -0.1) is 11.3 Å². The van der Waals surface area contributed by atoms with Crippen molar-refractivity contribution in [1.29, 1.82) is 0 Å². The average Bonchev–Trinajstić information content (AvgIpc) is 3.43. The van der Waals surface area contributed by atoms with Crippen LogP contribution in [0, 0.1) is 0 Å². The van der Waals surface area contributed by atoms with Gasteiger partial charge in [0, 0.05) is 36.8 Å². The lowest BCUT2D eigenvalue weighted by molar-refractivity contribution is 0.0685. The summed E-state index contributed by atoms with van der Waals surface area (Å²) in [6.07, 6.45) is 5.91. The summed E-state index contributed by atoms with van der Waals surface area (Å²) in [4.78, 5) is 24.6. The van der Waals surface area contributed by atoms with Crippen LogP contribution in [0.25, 0.3) is 21.1 Å². The number of anilines is 2. The van der Waals surface area contributed by atoms with E-state index in [9.17, 15) is 4.79 Å². The minimum absolute atomic E-state index is 0.133. The van der Waals surface area contributed by atoms with Crippen molar-refractivity contribution in [2.24, 2.45) is 5.73 Å². The molecular weight excluding hydrogens is 454 g/mol. The van der Waals surface area contributed by atoms with Crippen molar-refractivity contribution in [1.82, 2.24) is 25.1 Å². The van der Waals surface area contributed by atoms with Gasteiger partial charge in [0.2, 0.25) is 0 Å². The quantitative estimate of drug-likeness (QED) is 0.341. The van der Waals surface area contributed by atoms with E-state index in [1.807, 2.05) is 12.1 Å². The lowest BCUT2D eigenvalue weighted by atomic mass is 9.94. The summed E-state index contributed by atoms with van der Waals surface area (Å²) in [5, 5.41) is 12.6. The molecule has 11 heteroatoms. The zero-order valence-corrected chi connectivity index (χ0v) is 19.9. The van der Waals surface area contributed by atoms with E-state index >= 15 is 0 Å². The molecule has 1 aromatic carbocycles. The summed E-state index contributed by atoms with van der Waals surface area (Å²) in [5.74, 6) is 1.44. The first kappa shape index (κ1) is 22.4. The van der Waals surface area contributed by atoms with Crippen LogP contribution in [-0.2, 0) is 17.6 Å². The summed E-state index contributed by atoms with van der Waals surface area (Å²) in [6, 6.07) is 3.94. The number of thiophene rings is 1. The second-order valence-corrected chi connectivity index (χ2v) is 9.55. The maximum absolute atomic E-state index is 12.0. The van der Waals surface area contributed by atoms with Crippen LogP contribution < -0.4 is 15.8 Å². The van der Waals surface area contributed by atoms with Gasteiger partial charge in [0.05, 0.1) is 29.4 Å². The molecule has 0 bridgehead atoms. The fourth-order valence-electron chi connectivity index (χ4n) is 4.11. The summed E-state index contributed by atoms with van der Waals surface area (Å²) in [7, 11) is 3.39. The van der Waals surface area contributed by atoms with E-state index in [-0.39, 0.29) is 12.2 Å². The zero-order chi connectivity index (χ0) is 23.7. The number of H-pyrrole nitrogens is 1. The van der Waals surface area contributed by atoms with Crippen molar-refractivity contribution >= 4 is 50.1 Å². The van der Waals surface area contributed by atoms with E-state index in [1.165, 1.54) is 15.3 Å². The SMILES string of the molecule is CN(C)C(=O)OC1CCc2c(sc3ncnc(Nc4cc5cn[nH]c5cc4OCCCN)c23)C1. The van der Waals surface area contributed by atoms with E-state index in [0.717, 1.165) is 51.9 Å². The molecule has 3 aromatic heterocycles. The van der Waals surface area contributed by atoms with Crippen LogP contribution in [0.1, 0.15) is 23.3 Å². The number of ether oxygens (including phenoxy) is 2. The van der Waals surface area contributed by atoms with Gasteiger partial charge >= 0.3 is 6.09 Å². The number of rotatable bonds is 7. The number of aromatic nitrogens is 4. The van der Waals surface area contributed by atoms with Crippen LogP contribution >= 0.6 is 11.3 Å². The highest BCUT2D eigenvalue weighted by Crippen LogP contribution is 2.41. The number of nitrogens with one attached hydrogen (secondary N) is 2. The highest BCUT2D eigenvalue weighted by atomic mass is 32.1. The van der Waals surface area contributed by atoms with Crippen LogP contribution in [0.2, 0.25) is 0 Å². The first-order chi connectivity index (χ1) is 16.5. The molecule has 0 saturated carbocycles. The van der Waals surface area contributed by atoms with Gasteiger partial charge < -0.3 is 25.4 Å². The first-order valence-corrected chi connectivity index (χ1v) is 12.1. The van der Waals surface area contributed by atoms with Crippen molar-refractivity contribution in [2.45, 2.75) is 31.8 Å². The van der Waals surface area contributed by atoms with E-state index in [1.54, 1.807) is 38.0 Å². The van der Waals surface area contributed by atoms with E-state index in [2.05, 4.69) is 25.5 Å². The fraction of sp³-hybridized carbons (Fsp3) is 0.391. The highest BCUT2D eigenvalue weighted by molar-refractivity contribution is 7.19. The standard InChI is InChI=1S/C23H27N7O3S/c1-30(2)23(31)33-14-4-5-15-19(9-14)34-22-20(15)21(25-12-26-22)28-17-8-13-11-27-29-16(13)10-18(17)32-7-3-6-24/h8,10-12,14H,3-7,9,24H2,1-2H3,(H,27,29)(H,25,26,28). The maximum atomic E-state index is 12.0. The number of aromatic amines is 1. The van der Waals surface area contributed by atoms with Crippen LogP contribution in [0.3, 0.4) is 0 Å². The third-order valence-electron chi connectivity index (χ3n) is 5.83. The number of aryl methyl sites for hydroxylation is 1. The second kappa shape index (κ2) is 9.43. The number of amides is 1. The summed E-state index contributed by atoms with van der Waals surface area (Å²) in [6.45, 7) is 1.08. The summed E-state index contributed by atoms with van der Waals surface area (Å²) in [5.41, 5.74) is 8.56. The molecule has 5 rings (SSSR count). The van der Waals surface area contributed by atoms with Crippen molar-refractivity contribution in [3.05, 3.63) is 35.1 Å². The molecule has 0 saturated heterocycles. The molecule has 0 fully saturated rings. The van der Waals surface area contributed by atoms with Gasteiger partial charge in [-0.05, 0) is 37.4 Å². The minimum Gasteiger partial charge on any atom is -0.491 e. The van der Waals surface area contributed by atoms with Gasteiger partial charge in [0.1, 0.15) is 28.8 Å². The maximum Gasteiger partial charge on any atom is 0.409 e. The van der Waals surface area contributed by atoms with Crippen molar-refractivity contribution in [3.63, 3.8) is 0 Å². The number of carbonyl (C=O) groups excluding carboxylic acids is 1. The Hall–Kier alpha value is -3.44. The van der Waals surface area contributed by atoms with Gasteiger partial charge in [-0.25, -0.2) is 14.8 Å². The molecular formula is C23H27N7O3S. The van der Waals surface area contributed by atoms with Crippen LogP contribution in [0.4, 0.5) is 16.3 Å². The Kier molecular flexibility index (Phi) is 6.20. The molecule has 34 heavy (non-hydrogen) atoms. The summed E-state index contributed by atoms with van der Waals surface area (Å²) >= 11 is 1.63. The first-order valence-electron chi connectivity index (χ1n) is 11.2. The smallest absolute Gasteiger partial charge is 0.409 e. The number of nitrogens with zero attached hydrogens (tertiary/aromatic N) is 4. The number of benzene rings is 1. The lowest BCUT2D eigenvalue weighted by Crippen LogP contribution is -2.31. The Balaban J connectivity index is 1.47. The fourth-order valence-corrected chi connectivity index (χ4v) is 5.36. The van der Waals surface area contributed by atoms with Crippen LogP contribution in [0.5, 0.6) is 5.75 Å². The van der Waals surface area contributed by atoms with Gasteiger partial charge in [0.15, 0.2) is 0 Å². The molecule has 4 N–H and O–H groups in total. The number of hydrogen-bond acceptors (Lipinski definition) is 9. The molecule has 10 nitrogen and oxygen atoms in total. The van der Waals surface area contributed by atoms with Crippen LogP contribution in [-0.4, -0.2) is 64.5 Å². The number of carbonyl (C=O) groups is 1. The third-order valence-corrected chi connectivity index (χ3v) is 6.99. The van der Waals surface area contributed by atoms with E-state index in [4.69, 9.17) is 15.2 Å². The molecule has 1 unspecified atom stereocenters. The Bertz CT molecular complexity index is 1330. The molecule has 1 atom stereocenters. The number of fused-ring (bicyclic) bond motifs is 4. The van der Waals surface area contributed by atoms with Gasteiger partial charge in [-0.3, -0.25) is 5.10 Å². The molecule has 0 aliphatic heterocycles. The molecule has 4 aromatic rings. The van der Waals surface area contributed by atoms with Crippen molar-refractivity contribution in [3.8, 4) is 5.75 Å². The number of hydrogen-bond donors (Lipinski definition) is 3. The number of nitrogens with two attached hydrogens (primary N) is 1. The lowest BCUT2D eigenvalue weighted by Gasteiger charge is -2.24. The van der Waals surface area contributed by atoms with Crippen molar-refractivity contribution < 1.29 is 14.3 Å². The Labute approximate surface area is 200 Å². The van der Waals surface area contributed by atoms with E-state index < -0.39 is 0 Å². The monoisotopic (exact) mass is 481 g/mol. The molecule has 0 radical (unpaired) electrons. The zero-order valence-electron chi connectivity index (χ0n) is 19.1. The molecule has 1 amide bonds. The normalized spacial score (nSPS) is 15.3. The molecule has 1 aliphatic carbocycles. The molecule has 178 valence electrons. The molecule has 0 spiro atoms. The molecule has 1 aliphatic rings. The van der Waals surface area contributed by atoms with Crippen molar-refractivity contribution in [2.75, 3.05) is 32.6 Å². The van der Waals surface area contributed by atoms with Gasteiger partial charge in [-0.2, -0.15) is 5.10 Å². The van der Waals surface area contributed by atoms with Gasteiger partial charge in [0.25, 0.3) is 0 Å². The highest BCUT2D eigenvalue weighted by Gasteiger charge is 2.28. The Morgan fingerprint density at radius 3 is 3.06 bits per heavy atom. The van der Waals surface area contributed by atoms with Gasteiger partial charge in [-0.1, -0.05) is 0 Å². The third kappa shape index (κ3) is 4.36. The molecule has 3 heterocycles. The summed E-state index contributed by atoms with van der Waals surface area (Å²) < 4.78 is 11.7.